The van der Waals surface area contributed by atoms with Gasteiger partial charge in [0, 0.05) is 7.11 Å². The number of hydrogen-bond acceptors (Lipinski definition) is 2. The van der Waals surface area contributed by atoms with E-state index in [1.54, 1.807) is 0 Å². The molecule has 0 heterocycles. The van der Waals surface area contributed by atoms with Crippen molar-refractivity contribution in [3.05, 3.63) is 34.9 Å². The molecule has 0 saturated heterocycles. The summed E-state index contributed by atoms with van der Waals surface area (Å²) in [4.78, 5) is 0. The Balaban J connectivity index is 2.38. The van der Waals surface area contributed by atoms with Crippen molar-refractivity contribution in [1.82, 2.24) is 5.32 Å². The number of ether oxygens (including phenoxy) is 1. The number of nitrogens with one attached hydrogen (secondary N) is 1. The van der Waals surface area contributed by atoms with Crippen LogP contribution in [-0.4, -0.2) is 19.8 Å². The number of hydrogen-bond donors (Lipinski definition) is 1. The summed E-state index contributed by atoms with van der Waals surface area (Å²) in [6.45, 7) is 4.38. The molecule has 94 valence electrons. The summed E-state index contributed by atoms with van der Waals surface area (Å²) in [7, 11) is 3.88. The van der Waals surface area contributed by atoms with Gasteiger partial charge in [-0.3, -0.25) is 0 Å². The van der Waals surface area contributed by atoms with Gasteiger partial charge in [-0.05, 0) is 56.8 Å². The molecule has 1 unspecified atom stereocenters. The number of rotatable bonds is 4. The quantitative estimate of drug-likeness (QED) is 0.862. The Bertz CT molecular complexity index is 390. The van der Waals surface area contributed by atoms with E-state index in [4.69, 9.17) is 4.74 Å². The van der Waals surface area contributed by atoms with Crippen LogP contribution >= 0.6 is 0 Å². The number of aryl methyl sites for hydroxylation is 1. The van der Waals surface area contributed by atoms with E-state index >= 15 is 0 Å². The van der Waals surface area contributed by atoms with E-state index < -0.39 is 0 Å². The predicted molar refractivity (Wildman–Crippen MR) is 71.3 cm³/mol. The SMILES string of the molecule is CNC(c1cccc(C)c1C)C1(OC)CCC1. The molecular formula is C15H23NO. The second-order valence-electron chi connectivity index (χ2n) is 5.13. The maximum atomic E-state index is 5.81. The largest absolute Gasteiger partial charge is 0.376 e. The molecular weight excluding hydrogens is 210 g/mol. The van der Waals surface area contributed by atoms with E-state index in [1.165, 1.54) is 23.1 Å². The Kier molecular flexibility index (Phi) is 3.55. The first-order valence-electron chi connectivity index (χ1n) is 6.43. The molecule has 2 heteroatoms. The molecule has 1 fully saturated rings. The number of methoxy groups -OCH3 is 1. The minimum atomic E-state index is 0.00725. The lowest BCUT2D eigenvalue weighted by Crippen LogP contribution is -2.50. The van der Waals surface area contributed by atoms with Gasteiger partial charge in [0.05, 0.1) is 11.6 Å². The zero-order chi connectivity index (χ0) is 12.5. The second-order valence-corrected chi connectivity index (χ2v) is 5.13. The van der Waals surface area contributed by atoms with Gasteiger partial charge >= 0.3 is 0 Å². The highest BCUT2D eigenvalue weighted by atomic mass is 16.5. The molecule has 1 aromatic rings. The van der Waals surface area contributed by atoms with Crippen LogP contribution in [-0.2, 0) is 4.74 Å². The second kappa shape index (κ2) is 4.79. The molecule has 2 rings (SSSR count). The number of likely N-dealkylation sites (N-methyl/N-ethyl adjacent to an activating group) is 1. The number of benzene rings is 1. The molecule has 1 N–H and O–H groups in total. The molecule has 1 aliphatic carbocycles. The summed E-state index contributed by atoms with van der Waals surface area (Å²) >= 11 is 0. The van der Waals surface area contributed by atoms with Crippen LogP contribution in [0.5, 0.6) is 0 Å². The maximum absolute atomic E-state index is 5.81. The zero-order valence-electron chi connectivity index (χ0n) is 11.3. The smallest absolute Gasteiger partial charge is 0.0872 e. The Morgan fingerprint density at radius 3 is 2.47 bits per heavy atom. The topological polar surface area (TPSA) is 21.3 Å². The highest BCUT2D eigenvalue weighted by Gasteiger charge is 2.44. The minimum absolute atomic E-state index is 0.00725. The lowest BCUT2D eigenvalue weighted by atomic mass is 9.71. The first-order chi connectivity index (χ1) is 8.14. The van der Waals surface area contributed by atoms with Gasteiger partial charge in [0.1, 0.15) is 0 Å². The lowest BCUT2D eigenvalue weighted by molar-refractivity contribution is -0.0984. The van der Waals surface area contributed by atoms with E-state index in [0.717, 1.165) is 12.8 Å². The van der Waals surface area contributed by atoms with E-state index in [-0.39, 0.29) is 5.60 Å². The fourth-order valence-electron chi connectivity index (χ4n) is 2.92. The molecule has 0 aliphatic heterocycles. The average molecular weight is 233 g/mol. The molecule has 0 amide bonds. The summed E-state index contributed by atoms with van der Waals surface area (Å²) in [6.07, 6.45) is 3.58. The van der Waals surface area contributed by atoms with E-state index in [2.05, 4.69) is 37.4 Å². The van der Waals surface area contributed by atoms with Crippen LogP contribution in [0.2, 0.25) is 0 Å². The van der Waals surface area contributed by atoms with Crippen molar-refractivity contribution in [2.75, 3.05) is 14.2 Å². The summed E-state index contributed by atoms with van der Waals surface area (Å²) in [5.74, 6) is 0. The van der Waals surface area contributed by atoms with Crippen LogP contribution in [0.4, 0.5) is 0 Å². The van der Waals surface area contributed by atoms with Crippen LogP contribution in [0.1, 0.15) is 42.0 Å². The third-order valence-electron chi connectivity index (χ3n) is 4.38. The zero-order valence-corrected chi connectivity index (χ0v) is 11.3. The van der Waals surface area contributed by atoms with Crippen molar-refractivity contribution < 1.29 is 4.74 Å². The molecule has 17 heavy (non-hydrogen) atoms. The predicted octanol–water partition coefficient (Wildman–Crippen LogP) is 3.13. The third-order valence-corrected chi connectivity index (χ3v) is 4.38. The fourth-order valence-corrected chi connectivity index (χ4v) is 2.92. The molecule has 1 atom stereocenters. The summed E-state index contributed by atoms with van der Waals surface area (Å²) < 4.78 is 5.81. The van der Waals surface area contributed by atoms with Gasteiger partial charge in [-0.15, -0.1) is 0 Å². The fraction of sp³-hybridized carbons (Fsp3) is 0.600. The molecule has 1 aromatic carbocycles. The molecule has 1 saturated carbocycles. The van der Waals surface area contributed by atoms with Gasteiger partial charge in [0.25, 0.3) is 0 Å². The normalized spacial score (nSPS) is 19.8. The molecule has 0 spiro atoms. The minimum Gasteiger partial charge on any atom is -0.376 e. The van der Waals surface area contributed by atoms with E-state index in [0.29, 0.717) is 6.04 Å². The van der Waals surface area contributed by atoms with Crippen molar-refractivity contribution in [2.45, 2.75) is 44.8 Å². The first-order valence-corrected chi connectivity index (χ1v) is 6.43. The summed E-state index contributed by atoms with van der Waals surface area (Å²) in [5, 5.41) is 3.46. The Hall–Kier alpha value is -0.860. The molecule has 1 aliphatic rings. The van der Waals surface area contributed by atoms with Gasteiger partial charge in [-0.2, -0.15) is 0 Å². The van der Waals surface area contributed by atoms with Crippen molar-refractivity contribution in [2.24, 2.45) is 0 Å². The van der Waals surface area contributed by atoms with Crippen LogP contribution in [0, 0.1) is 13.8 Å². The molecule has 0 radical (unpaired) electrons. The maximum Gasteiger partial charge on any atom is 0.0872 e. The van der Waals surface area contributed by atoms with Gasteiger partial charge < -0.3 is 10.1 Å². The van der Waals surface area contributed by atoms with Crippen LogP contribution in [0.15, 0.2) is 18.2 Å². The van der Waals surface area contributed by atoms with Crippen molar-refractivity contribution in [3.63, 3.8) is 0 Å². The van der Waals surface area contributed by atoms with Gasteiger partial charge in [-0.25, -0.2) is 0 Å². The van der Waals surface area contributed by atoms with E-state index in [9.17, 15) is 0 Å². The van der Waals surface area contributed by atoms with Crippen LogP contribution < -0.4 is 5.32 Å². The van der Waals surface area contributed by atoms with Gasteiger partial charge in [-0.1, -0.05) is 18.2 Å². The molecule has 2 nitrogen and oxygen atoms in total. The highest BCUT2D eigenvalue weighted by molar-refractivity contribution is 5.37. The Morgan fingerprint density at radius 2 is 2.00 bits per heavy atom. The summed E-state index contributed by atoms with van der Waals surface area (Å²) in [6, 6.07) is 6.85. The van der Waals surface area contributed by atoms with Crippen LogP contribution in [0.3, 0.4) is 0 Å². The van der Waals surface area contributed by atoms with E-state index in [1.807, 2.05) is 14.2 Å². The Labute approximate surface area is 104 Å². The molecule has 0 aromatic heterocycles. The standard InChI is InChI=1S/C15H23NO/c1-11-7-5-8-13(12(11)2)14(16-3)15(17-4)9-6-10-15/h5,7-8,14,16H,6,9-10H2,1-4H3. The van der Waals surface area contributed by atoms with Crippen molar-refractivity contribution in [1.29, 1.82) is 0 Å². The van der Waals surface area contributed by atoms with Crippen molar-refractivity contribution in [3.8, 4) is 0 Å². The van der Waals surface area contributed by atoms with Gasteiger partial charge in [0.15, 0.2) is 0 Å². The lowest BCUT2D eigenvalue weighted by Gasteiger charge is -2.47. The first kappa shape index (κ1) is 12.6. The third kappa shape index (κ3) is 2.00. The monoisotopic (exact) mass is 233 g/mol. The highest BCUT2D eigenvalue weighted by Crippen LogP contribution is 2.45. The van der Waals surface area contributed by atoms with Crippen molar-refractivity contribution >= 4 is 0 Å². The summed E-state index contributed by atoms with van der Waals surface area (Å²) in [5.41, 5.74) is 4.13. The Morgan fingerprint density at radius 1 is 1.29 bits per heavy atom. The average Bonchev–Trinajstić information content (AvgIpc) is 2.28. The van der Waals surface area contributed by atoms with Crippen LogP contribution in [0.25, 0.3) is 0 Å². The van der Waals surface area contributed by atoms with Gasteiger partial charge in [0.2, 0.25) is 0 Å². The molecule has 0 bridgehead atoms.